The number of rotatable bonds is 1. The van der Waals surface area contributed by atoms with E-state index in [1.54, 1.807) is 18.2 Å². The summed E-state index contributed by atoms with van der Waals surface area (Å²) >= 11 is 11.9. The maximum Gasteiger partial charge on any atom is 0.196 e. The van der Waals surface area contributed by atoms with Gasteiger partial charge in [-0.25, -0.2) is 4.63 Å². The summed E-state index contributed by atoms with van der Waals surface area (Å²) in [7, 11) is 0. The van der Waals surface area contributed by atoms with Crippen molar-refractivity contribution < 1.29 is 4.63 Å². The van der Waals surface area contributed by atoms with E-state index in [0.717, 1.165) is 0 Å². The third kappa shape index (κ3) is 1.42. The molecule has 2 aromatic rings. The van der Waals surface area contributed by atoms with Crippen LogP contribution in [0.3, 0.4) is 0 Å². The average molecular weight is 230 g/mol. The monoisotopic (exact) mass is 229 g/mol. The number of halogens is 2. The zero-order chi connectivity index (χ0) is 10.1. The summed E-state index contributed by atoms with van der Waals surface area (Å²) in [6.07, 6.45) is 0. The minimum absolute atomic E-state index is 0.167. The summed E-state index contributed by atoms with van der Waals surface area (Å²) in [6, 6.07) is 5.12. The molecule has 1 aromatic carbocycles. The quantitative estimate of drug-likeness (QED) is 0.817. The highest BCUT2D eigenvalue weighted by Crippen LogP contribution is 2.35. The lowest BCUT2D eigenvalue weighted by Gasteiger charge is -2.01. The van der Waals surface area contributed by atoms with Crippen molar-refractivity contribution in [2.24, 2.45) is 0 Å². The SMILES string of the molecule is Nc1nonc1-c1c(Cl)cccc1Cl. The number of benzene rings is 1. The Hall–Kier alpha value is -1.26. The van der Waals surface area contributed by atoms with Crippen LogP contribution >= 0.6 is 23.2 Å². The number of nitrogens with two attached hydrogens (primary N) is 1. The molecule has 0 spiro atoms. The molecule has 0 aliphatic carbocycles. The van der Waals surface area contributed by atoms with E-state index in [-0.39, 0.29) is 5.82 Å². The molecule has 0 amide bonds. The van der Waals surface area contributed by atoms with Gasteiger partial charge >= 0.3 is 0 Å². The van der Waals surface area contributed by atoms with Gasteiger partial charge < -0.3 is 5.73 Å². The number of nitrogen functional groups attached to an aromatic ring is 1. The summed E-state index contributed by atoms with van der Waals surface area (Å²) in [4.78, 5) is 0. The van der Waals surface area contributed by atoms with Gasteiger partial charge in [-0.1, -0.05) is 29.3 Å². The molecule has 0 aliphatic rings. The molecule has 0 bridgehead atoms. The van der Waals surface area contributed by atoms with Gasteiger partial charge in [-0.15, -0.1) is 0 Å². The molecule has 0 unspecified atom stereocenters. The van der Waals surface area contributed by atoms with Gasteiger partial charge in [0.25, 0.3) is 0 Å². The van der Waals surface area contributed by atoms with Crippen molar-refractivity contribution in [3.8, 4) is 11.3 Å². The van der Waals surface area contributed by atoms with Crippen LogP contribution in [-0.4, -0.2) is 10.3 Å². The Morgan fingerprint density at radius 1 is 1.14 bits per heavy atom. The predicted octanol–water partition coefficient (Wildman–Crippen LogP) is 2.63. The van der Waals surface area contributed by atoms with E-state index in [1.807, 2.05) is 0 Å². The standard InChI is InChI=1S/C8H5Cl2N3O/c9-4-2-1-3-5(10)6(4)7-8(11)13-14-12-7/h1-3H,(H2,11,13). The molecule has 72 valence electrons. The fraction of sp³-hybridized carbons (Fsp3) is 0. The first-order valence-electron chi connectivity index (χ1n) is 3.72. The van der Waals surface area contributed by atoms with Crippen LogP contribution in [0.15, 0.2) is 22.8 Å². The van der Waals surface area contributed by atoms with Crippen molar-refractivity contribution in [1.82, 2.24) is 10.3 Å². The largest absolute Gasteiger partial charge is 0.379 e. The third-order valence-corrected chi connectivity index (χ3v) is 2.34. The highest BCUT2D eigenvalue weighted by atomic mass is 35.5. The molecule has 1 aromatic heterocycles. The van der Waals surface area contributed by atoms with Crippen molar-refractivity contribution in [2.75, 3.05) is 5.73 Å². The van der Waals surface area contributed by atoms with E-state index >= 15 is 0 Å². The molecule has 0 fully saturated rings. The lowest BCUT2D eigenvalue weighted by Crippen LogP contribution is -1.89. The Morgan fingerprint density at radius 2 is 1.79 bits per heavy atom. The fourth-order valence-electron chi connectivity index (χ4n) is 1.09. The minimum Gasteiger partial charge on any atom is -0.379 e. The second-order valence-electron chi connectivity index (χ2n) is 2.59. The van der Waals surface area contributed by atoms with Crippen LogP contribution in [0, 0.1) is 0 Å². The zero-order valence-corrected chi connectivity index (χ0v) is 8.38. The summed E-state index contributed by atoms with van der Waals surface area (Å²) in [6.45, 7) is 0. The van der Waals surface area contributed by atoms with Gasteiger partial charge in [-0.3, -0.25) is 0 Å². The van der Waals surface area contributed by atoms with Gasteiger partial charge in [0.2, 0.25) is 0 Å². The molecule has 4 nitrogen and oxygen atoms in total. The summed E-state index contributed by atoms with van der Waals surface area (Å²) < 4.78 is 4.47. The first kappa shape index (κ1) is 9.30. The van der Waals surface area contributed by atoms with Crippen molar-refractivity contribution >= 4 is 29.0 Å². The van der Waals surface area contributed by atoms with Crippen LogP contribution < -0.4 is 5.73 Å². The molecular formula is C8H5Cl2N3O. The number of hydrogen-bond donors (Lipinski definition) is 1. The molecule has 2 rings (SSSR count). The highest BCUT2D eigenvalue weighted by molar-refractivity contribution is 6.39. The molecule has 0 atom stereocenters. The van der Waals surface area contributed by atoms with Crippen LogP contribution in [-0.2, 0) is 0 Å². The topological polar surface area (TPSA) is 64.9 Å². The second kappa shape index (κ2) is 3.48. The van der Waals surface area contributed by atoms with Gasteiger partial charge in [-0.2, -0.15) is 0 Å². The first-order valence-corrected chi connectivity index (χ1v) is 4.48. The fourth-order valence-corrected chi connectivity index (χ4v) is 1.67. The summed E-state index contributed by atoms with van der Waals surface area (Å²) in [5.41, 5.74) is 6.42. The van der Waals surface area contributed by atoms with Gasteiger partial charge in [-0.05, 0) is 22.4 Å². The first-order chi connectivity index (χ1) is 6.70. The molecule has 2 N–H and O–H groups in total. The molecule has 0 saturated carbocycles. The summed E-state index contributed by atoms with van der Waals surface area (Å²) in [5, 5.41) is 7.99. The Labute approximate surface area is 89.6 Å². The van der Waals surface area contributed by atoms with Gasteiger partial charge in [0.05, 0.1) is 10.0 Å². The van der Waals surface area contributed by atoms with E-state index in [4.69, 9.17) is 28.9 Å². The molecule has 6 heteroatoms. The molecule has 0 saturated heterocycles. The second-order valence-corrected chi connectivity index (χ2v) is 3.41. The van der Waals surface area contributed by atoms with Crippen molar-refractivity contribution in [1.29, 1.82) is 0 Å². The number of nitrogens with zero attached hydrogens (tertiary/aromatic N) is 2. The maximum absolute atomic E-state index is 5.94. The van der Waals surface area contributed by atoms with Crippen molar-refractivity contribution in [2.45, 2.75) is 0 Å². The van der Waals surface area contributed by atoms with Gasteiger partial charge in [0, 0.05) is 5.56 Å². The number of anilines is 1. The van der Waals surface area contributed by atoms with Crippen molar-refractivity contribution in [3.63, 3.8) is 0 Å². The van der Waals surface area contributed by atoms with E-state index in [2.05, 4.69) is 14.9 Å². The number of aromatic nitrogens is 2. The molecular weight excluding hydrogens is 225 g/mol. The Morgan fingerprint density at radius 3 is 2.29 bits per heavy atom. The van der Waals surface area contributed by atoms with Gasteiger partial charge in [0.15, 0.2) is 11.5 Å². The Balaban J connectivity index is 2.68. The number of hydrogen-bond acceptors (Lipinski definition) is 4. The Kier molecular flexibility index (Phi) is 2.31. The average Bonchev–Trinajstić information content (AvgIpc) is 2.52. The Bertz CT molecular complexity index is 449. The predicted molar refractivity (Wildman–Crippen MR) is 54.2 cm³/mol. The van der Waals surface area contributed by atoms with Crippen LogP contribution in [0.25, 0.3) is 11.3 Å². The molecule has 0 radical (unpaired) electrons. The summed E-state index contributed by atoms with van der Waals surface area (Å²) in [5.74, 6) is 0.167. The van der Waals surface area contributed by atoms with E-state index in [9.17, 15) is 0 Å². The van der Waals surface area contributed by atoms with E-state index in [0.29, 0.717) is 21.3 Å². The molecule has 14 heavy (non-hydrogen) atoms. The van der Waals surface area contributed by atoms with Crippen LogP contribution in [0.2, 0.25) is 10.0 Å². The molecule has 0 aliphatic heterocycles. The van der Waals surface area contributed by atoms with Crippen LogP contribution in [0.5, 0.6) is 0 Å². The van der Waals surface area contributed by atoms with E-state index < -0.39 is 0 Å². The van der Waals surface area contributed by atoms with E-state index in [1.165, 1.54) is 0 Å². The van der Waals surface area contributed by atoms with Gasteiger partial charge in [0.1, 0.15) is 0 Å². The highest BCUT2D eigenvalue weighted by Gasteiger charge is 2.15. The zero-order valence-electron chi connectivity index (χ0n) is 6.87. The van der Waals surface area contributed by atoms with Crippen LogP contribution in [0.1, 0.15) is 0 Å². The maximum atomic E-state index is 5.94. The smallest absolute Gasteiger partial charge is 0.196 e. The van der Waals surface area contributed by atoms with Crippen molar-refractivity contribution in [3.05, 3.63) is 28.2 Å². The normalized spacial score (nSPS) is 10.4. The molecule has 1 heterocycles. The third-order valence-electron chi connectivity index (χ3n) is 1.71. The minimum atomic E-state index is 0.167. The lowest BCUT2D eigenvalue weighted by molar-refractivity contribution is 0.310. The lowest BCUT2D eigenvalue weighted by atomic mass is 10.1. The van der Waals surface area contributed by atoms with Crippen LogP contribution in [0.4, 0.5) is 5.82 Å².